The molecule has 8 nitrogen and oxygen atoms in total. The molecule has 3 aromatic rings. The van der Waals surface area contributed by atoms with Gasteiger partial charge in [-0.2, -0.15) is 5.26 Å². The molecule has 1 aromatic carbocycles. The maximum atomic E-state index is 12.6. The van der Waals surface area contributed by atoms with Crippen LogP contribution in [0.2, 0.25) is 0 Å². The molecule has 1 aliphatic carbocycles. The summed E-state index contributed by atoms with van der Waals surface area (Å²) in [5.74, 6) is 1.41. The number of nitrogens with zero attached hydrogens (tertiary/aromatic N) is 6. The Labute approximate surface area is 192 Å². The van der Waals surface area contributed by atoms with Crippen molar-refractivity contribution in [3.05, 3.63) is 72.2 Å². The standard InChI is InChI=1S/C25H25N7O/c1-18-16-31(22-4-2-3-11-27-22)12-13-32(18)24-28-14-21(15-29-24)30-23(33)19-5-7-20(8-6-19)25(17-26)9-10-25/h2-8,11,14-15,18H,9-10,12-13,16H2,1H3,(H,30,33)/t18-/m0/s1. The minimum Gasteiger partial charge on any atom is -0.353 e. The van der Waals surface area contributed by atoms with E-state index in [1.165, 1.54) is 0 Å². The maximum absolute atomic E-state index is 12.6. The number of anilines is 3. The molecule has 1 N–H and O–H groups in total. The van der Waals surface area contributed by atoms with Gasteiger partial charge in [-0.3, -0.25) is 4.79 Å². The van der Waals surface area contributed by atoms with E-state index in [-0.39, 0.29) is 17.4 Å². The number of benzene rings is 1. The Balaban J connectivity index is 1.20. The fourth-order valence-corrected chi connectivity index (χ4v) is 4.27. The van der Waals surface area contributed by atoms with Crippen LogP contribution in [0.15, 0.2) is 61.1 Å². The number of piperazine rings is 1. The second-order valence-electron chi connectivity index (χ2n) is 8.67. The average Bonchev–Trinajstić information content (AvgIpc) is 3.67. The van der Waals surface area contributed by atoms with E-state index >= 15 is 0 Å². The van der Waals surface area contributed by atoms with Gasteiger partial charge in [0, 0.05) is 37.4 Å². The third kappa shape index (κ3) is 4.22. The van der Waals surface area contributed by atoms with Crippen LogP contribution in [0.4, 0.5) is 17.5 Å². The molecule has 1 saturated heterocycles. The molecule has 8 heteroatoms. The van der Waals surface area contributed by atoms with Gasteiger partial charge in [0.1, 0.15) is 5.82 Å². The van der Waals surface area contributed by atoms with Crippen LogP contribution in [0.5, 0.6) is 0 Å². The van der Waals surface area contributed by atoms with E-state index in [1.54, 1.807) is 24.5 Å². The molecule has 1 saturated carbocycles. The van der Waals surface area contributed by atoms with Gasteiger partial charge in [0.05, 0.1) is 29.6 Å². The zero-order valence-electron chi connectivity index (χ0n) is 18.5. The van der Waals surface area contributed by atoms with Gasteiger partial charge in [-0.1, -0.05) is 18.2 Å². The summed E-state index contributed by atoms with van der Waals surface area (Å²) in [7, 11) is 0. The smallest absolute Gasteiger partial charge is 0.255 e. The first-order chi connectivity index (χ1) is 16.1. The quantitative estimate of drug-likeness (QED) is 0.651. The summed E-state index contributed by atoms with van der Waals surface area (Å²) in [5.41, 5.74) is 1.71. The summed E-state index contributed by atoms with van der Waals surface area (Å²) in [4.78, 5) is 30.5. The lowest BCUT2D eigenvalue weighted by Crippen LogP contribution is -2.53. The van der Waals surface area contributed by atoms with Crippen LogP contribution in [0.1, 0.15) is 35.7 Å². The highest BCUT2D eigenvalue weighted by atomic mass is 16.1. The van der Waals surface area contributed by atoms with E-state index in [1.807, 2.05) is 36.5 Å². The van der Waals surface area contributed by atoms with Gasteiger partial charge in [-0.15, -0.1) is 0 Å². The largest absolute Gasteiger partial charge is 0.353 e. The second-order valence-corrected chi connectivity index (χ2v) is 8.67. The molecule has 2 aliphatic rings. The molecule has 2 aromatic heterocycles. The number of amides is 1. The van der Waals surface area contributed by atoms with Gasteiger partial charge in [0.25, 0.3) is 5.91 Å². The van der Waals surface area contributed by atoms with Crippen LogP contribution in [-0.2, 0) is 5.41 Å². The highest BCUT2D eigenvalue weighted by molar-refractivity contribution is 6.04. The van der Waals surface area contributed by atoms with Gasteiger partial charge < -0.3 is 15.1 Å². The van der Waals surface area contributed by atoms with Crippen LogP contribution in [0, 0.1) is 11.3 Å². The molecular formula is C25H25N7O. The van der Waals surface area contributed by atoms with Crippen molar-refractivity contribution in [2.45, 2.75) is 31.2 Å². The highest BCUT2D eigenvalue weighted by Gasteiger charge is 2.44. The molecule has 1 atom stereocenters. The van der Waals surface area contributed by atoms with E-state index in [4.69, 9.17) is 0 Å². The monoisotopic (exact) mass is 439 g/mol. The Bertz CT molecular complexity index is 1170. The molecular weight excluding hydrogens is 414 g/mol. The fourth-order valence-electron chi connectivity index (χ4n) is 4.27. The van der Waals surface area contributed by atoms with Gasteiger partial charge in [-0.05, 0) is 49.6 Å². The molecule has 0 spiro atoms. The SMILES string of the molecule is C[C@H]1CN(c2ccccn2)CCN1c1ncc(NC(=O)c2ccc(C3(C#N)CC3)cc2)cn1. The summed E-state index contributed by atoms with van der Waals surface area (Å²) >= 11 is 0. The second kappa shape index (κ2) is 8.51. The molecule has 1 aliphatic heterocycles. The first-order valence-electron chi connectivity index (χ1n) is 11.2. The van der Waals surface area contributed by atoms with Crippen LogP contribution in [-0.4, -0.2) is 46.5 Å². The Morgan fingerprint density at radius 3 is 2.45 bits per heavy atom. The first-order valence-corrected chi connectivity index (χ1v) is 11.2. The van der Waals surface area contributed by atoms with Crippen molar-refractivity contribution in [1.82, 2.24) is 15.0 Å². The number of carbonyl (C=O) groups is 1. The maximum Gasteiger partial charge on any atom is 0.255 e. The topological polar surface area (TPSA) is 98.0 Å². The van der Waals surface area contributed by atoms with Crippen LogP contribution in [0.3, 0.4) is 0 Å². The Kier molecular flexibility index (Phi) is 5.38. The molecule has 0 unspecified atom stereocenters. The number of carbonyl (C=O) groups excluding carboxylic acids is 1. The highest BCUT2D eigenvalue weighted by Crippen LogP contribution is 2.47. The summed E-state index contributed by atoms with van der Waals surface area (Å²) in [6, 6.07) is 15.8. The minimum absolute atomic E-state index is 0.225. The third-order valence-corrected chi connectivity index (χ3v) is 6.42. The normalized spacial score (nSPS) is 19.0. The summed E-state index contributed by atoms with van der Waals surface area (Å²) in [6.07, 6.45) is 6.86. The van der Waals surface area contributed by atoms with Gasteiger partial charge in [0.15, 0.2) is 0 Å². The number of nitriles is 1. The first kappa shape index (κ1) is 20.9. The fraction of sp³-hybridized carbons (Fsp3) is 0.320. The zero-order chi connectivity index (χ0) is 22.8. The lowest BCUT2D eigenvalue weighted by Gasteiger charge is -2.40. The summed E-state index contributed by atoms with van der Waals surface area (Å²) in [6.45, 7) is 4.62. The molecule has 1 amide bonds. The van der Waals surface area contributed by atoms with Crippen molar-refractivity contribution in [3.63, 3.8) is 0 Å². The molecule has 2 fully saturated rings. The van der Waals surface area contributed by atoms with E-state index in [2.05, 4.69) is 43.1 Å². The Morgan fingerprint density at radius 2 is 1.85 bits per heavy atom. The molecule has 0 bridgehead atoms. The predicted octanol–water partition coefficient (Wildman–Crippen LogP) is 3.39. The van der Waals surface area contributed by atoms with E-state index in [0.717, 1.165) is 43.9 Å². The van der Waals surface area contributed by atoms with Crippen molar-refractivity contribution < 1.29 is 4.79 Å². The van der Waals surface area contributed by atoms with Crippen LogP contribution in [0.25, 0.3) is 0 Å². The predicted molar refractivity (Wildman–Crippen MR) is 126 cm³/mol. The van der Waals surface area contributed by atoms with Crippen molar-refractivity contribution in [2.24, 2.45) is 0 Å². The molecule has 166 valence electrons. The van der Waals surface area contributed by atoms with Gasteiger partial charge in [-0.25, -0.2) is 15.0 Å². The van der Waals surface area contributed by atoms with Crippen molar-refractivity contribution in [3.8, 4) is 6.07 Å². The van der Waals surface area contributed by atoms with Crippen LogP contribution >= 0.6 is 0 Å². The van der Waals surface area contributed by atoms with E-state index < -0.39 is 0 Å². The number of pyridine rings is 1. The van der Waals surface area contributed by atoms with Gasteiger partial charge >= 0.3 is 0 Å². The van der Waals surface area contributed by atoms with E-state index in [0.29, 0.717) is 17.2 Å². The van der Waals surface area contributed by atoms with E-state index in [9.17, 15) is 10.1 Å². The van der Waals surface area contributed by atoms with Crippen molar-refractivity contribution >= 4 is 23.4 Å². The number of hydrogen-bond acceptors (Lipinski definition) is 7. The Hall–Kier alpha value is -3.99. The number of hydrogen-bond donors (Lipinski definition) is 1. The van der Waals surface area contributed by atoms with Crippen LogP contribution < -0.4 is 15.1 Å². The molecule has 5 rings (SSSR count). The van der Waals surface area contributed by atoms with Crippen molar-refractivity contribution in [1.29, 1.82) is 5.26 Å². The zero-order valence-corrected chi connectivity index (χ0v) is 18.5. The summed E-state index contributed by atoms with van der Waals surface area (Å²) < 4.78 is 0. The number of aromatic nitrogens is 3. The minimum atomic E-state index is -0.348. The molecule has 3 heterocycles. The summed E-state index contributed by atoms with van der Waals surface area (Å²) in [5, 5.41) is 12.2. The third-order valence-electron chi connectivity index (χ3n) is 6.42. The number of rotatable bonds is 5. The van der Waals surface area contributed by atoms with Gasteiger partial charge in [0.2, 0.25) is 5.95 Å². The average molecular weight is 440 g/mol. The molecule has 0 radical (unpaired) electrons. The molecule has 33 heavy (non-hydrogen) atoms. The lowest BCUT2D eigenvalue weighted by molar-refractivity contribution is 0.102. The Morgan fingerprint density at radius 1 is 1.09 bits per heavy atom. The van der Waals surface area contributed by atoms with Crippen molar-refractivity contribution in [2.75, 3.05) is 34.8 Å². The number of nitrogens with one attached hydrogen (secondary N) is 1. The lowest BCUT2D eigenvalue weighted by atomic mass is 9.96.